The molecule has 2 heteroatoms. The lowest BCUT2D eigenvalue weighted by Crippen LogP contribution is -2.23. The lowest BCUT2D eigenvalue weighted by atomic mass is 9.90. The summed E-state index contributed by atoms with van der Waals surface area (Å²) in [5.74, 6) is 1.74. The van der Waals surface area contributed by atoms with Crippen molar-refractivity contribution in [2.45, 2.75) is 79.8 Å². The molecule has 116 valence electrons. The molecule has 0 atom stereocenters. The minimum absolute atomic E-state index is 0.225. The van der Waals surface area contributed by atoms with Crippen LogP contribution in [-0.2, 0) is 0 Å². The van der Waals surface area contributed by atoms with Crippen molar-refractivity contribution in [3.8, 4) is 5.75 Å². The summed E-state index contributed by atoms with van der Waals surface area (Å²) in [5, 5.41) is 0.707. The van der Waals surface area contributed by atoms with Crippen LogP contribution in [0.5, 0.6) is 5.75 Å². The van der Waals surface area contributed by atoms with Crippen LogP contribution in [-0.4, -0.2) is 5.60 Å². The molecule has 0 saturated carbocycles. The lowest BCUT2D eigenvalue weighted by molar-refractivity contribution is 0.131. The molecule has 0 spiro atoms. The Balaban J connectivity index is 0.00000172. The molecule has 0 aromatic heterocycles. The van der Waals surface area contributed by atoms with Crippen LogP contribution in [0.1, 0.15) is 85.3 Å². The van der Waals surface area contributed by atoms with Crippen LogP contribution < -0.4 is 4.74 Å². The van der Waals surface area contributed by atoms with Crippen LogP contribution in [0, 0.1) is 0 Å². The average Bonchev–Trinajstić information content (AvgIpc) is 2.31. The second-order valence-corrected chi connectivity index (χ2v) is 6.84. The predicted octanol–water partition coefficient (Wildman–Crippen LogP) is 6.79. The molecule has 0 N–H and O–H groups in total. The minimum Gasteiger partial charge on any atom is -0.487 e. The summed E-state index contributed by atoms with van der Waals surface area (Å²) < 4.78 is 5.93. The third-order valence-electron chi connectivity index (χ3n) is 2.80. The first-order valence-corrected chi connectivity index (χ1v) is 8.02. The highest BCUT2D eigenvalue weighted by atomic mass is 35.5. The van der Waals surface area contributed by atoms with Crippen molar-refractivity contribution in [3.05, 3.63) is 28.3 Å². The molecule has 1 nitrogen and oxygen atoms in total. The summed E-state index contributed by atoms with van der Waals surface area (Å²) >= 11 is 6.33. The smallest absolute Gasteiger partial charge is 0.138 e. The van der Waals surface area contributed by atoms with Crippen LogP contribution >= 0.6 is 11.6 Å². The van der Waals surface area contributed by atoms with Gasteiger partial charge in [0.2, 0.25) is 0 Å². The molecular weight excluding hydrogens is 268 g/mol. The van der Waals surface area contributed by atoms with Gasteiger partial charge in [-0.25, -0.2) is 0 Å². The summed E-state index contributed by atoms with van der Waals surface area (Å²) in [6.07, 6.45) is 0. The zero-order valence-electron chi connectivity index (χ0n) is 14.6. The molecule has 0 heterocycles. The van der Waals surface area contributed by atoms with Gasteiger partial charge in [0.25, 0.3) is 0 Å². The zero-order chi connectivity index (χ0) is 16.1. The monoisotopic (exact) mass is 298 g/mol. The molecule has 0 aliphatic rings. The molecular formula is C18H31ClO. The molecule has 0 aliphatic carbocycles. The van der Waals surface area contributed by atoms with Gasteiger partial charge in [-0.3, -0.25) is 0 Å². The molecule has 0 fully saturated rings. The van der Waals surface area contributed by atoms with E-state index in [-0.39, 0.29) is 5.60 Å². The Morgan fingerprint density at radius 1 is 0.900 bits per heavy atom. The Kier molecular flexibility index (Phi) is 7.65. The first kappa shape index (κ1) is 19.3. The van der Waals surface area contributed by atoms with Crippen LogP contribution in [0.4, 0.5) is 0 Å². The maximum absolute atomic E-state index is 6.33. The molecule has 1 aromatic rings. The van der Waals surface area contributed by atoms with Gasteiger partial charge in [-0.1, -0.05) is 53.1 Å². The fourth-order valence-electron chi connectivity index (χ4n) is 1.99. The summed E-state index contributed by atoms with van der Waals surface area (Å²) in [6.45, 7) is 18.9. The second kappa shape index (κ2) is 7.93. The van der Waals surface area contributed by atoms with Crippen molar-refractivity contribution in [3.63, 3.8) is 0 Å². The van der Waals surface area contributed by atoms with Crippen LogP contribution in [0.3, 0.4) is 0 Å². The first-order chi connectivity index (χ1) is 9.11. The lowest BCUT2D eigenvalue weighted by Gasteiger charge is -2.25. The zero-order valence-corrected chi connectivity index (χ0v) is 15.4. The molecule has 0 amide bonds. The van der Waals surface area contributed by atoms with Crippen LogP contribution in [0.2, 0.25) is 5.02 Å². The number of hydrogen-bond acceptors (Lipinski definition) is 1. The van der Waals surface area contributed by atoms with Gasteiger partial charge in [-0.05, 0) is 55.9 Å². The SMILES string of the molecule is CC.CC(C)c1cc(Cl)c(OC(C)(C)C)cc1C(C)C. The number of rotatable bonds is 3. The number of ether oxygens (including phenoxy) is 1. The van der Waals surface area contributed by atoms with E-state index < -0.39 is 0 Å². The Hall–Kier alpha value is -0.690. The summed E-state index contributed by atoms with van der Waals surface area (Å²) in [6, 6.07) is 4.16. The van der Waals surface area contributed by atoms with E-state index in [2.05, 4.69) is 39.8 Å². The van der Waals surface area contributed by atoms with Gasteiger partial charge in [0.15, 0.2) is 0 Å². The van der Waals surface area contributed by atoms with E-state index in [0.29, 0.717) is 16.9 Å². The van der Waals surface area contributed by atoms with Crippen molar-refractivity contribution in [2.75, 3.05) is 0 Å². The molecule has 1 rings (SSSR count). The van der Waals surface area contributed by atoms with E-state index in [4.69, 9.17) is 16.3 Å². The van der Waals surface area contributed by atoms with Crippen molar-refractivity contribution in [1.82, 2.24) is 0 Å². The maximum atomic E-state index is 6.33. The highest BCUT2D eigenvalue weighted by molar-refractivity contribution is 6.32. The molecule has 0 saturated heterocycles. The third-order valence-corrected chi connectivity index (χ3v) is 3.09. The van der Waals surface area contributed by atoms with Gasteiger partial charge in [-0.15, -0.1) is 0 Å². The Bertz CT molecular complexity index is 414. The first-order valence-electron chi connectivity index (χ1n) is 7.64. The molecule has 0 unspecified atom stereocenters. The normalized spacial score (nSPS) is 11.4. The summed E-state index contributed by atoms with van der Waals surface area (Å²) in [5.41, 5.74) is 2.42. The second-order valence-electron chi connectivity index (χ2n) is 6.44. The van der Waals surface area contributed by atoms with Crippen LogP contribution in [0.15, 0.2) is 12.1 Å². The Morgan fingerprint density at radius 3 is 1.65 bits per heavy atom. The highest BCUT2D eigenvalue weighted by Crippen LogP contribution is 2.36. The third kappa shape index (κ3) is 5.75. The molecule has 20 heavy (non-hydrogen) atoms. The van der Waals surface area contributed by atoms with E-state index in [1.54, 1.807) is 0 Å². The highest BCUT2D eigenvalue weighted by Gasteiger charge is 2.18. The van der Waals surface area contributed by atoms with Gasteiger partial charge in [0.05, 0.1) is 5.02 Å². The molecule has 1 aromatic carbocycles. The quantitative estimate of drug-likeness (QED) is 0.597. The van der Waals surface area contributed by atoms with E-state index in [0.717, 1.165) is 5.75 Å². The summed E-state index contributed by atoms with van der Waals surface area (Å²) in [7, 11) is 0. The van der Waals surface area contributed by atoms with Gasteiger partial charge in [0, 0.05) is 0 Å². The van der Waals surface area contributed by atoms with Gasteiger partial charge < -0.3 is 4.74 Å². The topological polar surface area (TPSA) is 9.23 Å². The number of halogens is 1. The van der Waals surface area contributed by atoms with Crippen molar-refractivity contribution in [1.29, 1.82) is 0 Å². The van der Waals surface area contributed by atoms with Crippen molar-refractivity contribution in [2.24, 2.45) is 0 Å². The van der Waals surface area contributed by atoms with E-state index in [1.807, 2.05) is 34.6 Å². The van der Waals surface area contributed by atoms with Gasteiger partial charge >= 0.3 is 0 Å². The fraction of sp³-hybridized carbons (Fsp3) is 0.667. The fourth-order valence-corrected chi connectivity index (χ4v) is 2.20. The van der Waals surface area contributed by atoms with E-state index in [9.17, 15) is 0 Å². The van der Waals surface area contributed by atoms with E-state index in [1.165, 1.54) is 11.1 Å². The maximum Gasteiger partial charge on any atom is 0.138 e. The minimum atomic E-state index is -0.225. The molecule has 0 bridgehead atoms. The average molecular weight is 299 g/mol. The standard InChI is InChI=1S/C16H25ClO.C2H6/c1-10(2)12-8-14(17)15(18-16(5,6)7)9-13(12)11(3)4;1-2/h8-11H,1-7H3;1-2H3. The molecule has 0 aliphatic heterocycles. The predicted molar refractivity (Wildman–Crippen MR) is 91.4 cm³/mol. The van der Waals surface area contributed by atoms with Gasteiger partial charge in [0.1, 0.15) is 11.4 Å². The number of hydrogen-bond donors (Lipinski definition) is 0. The van der Waals surface area contributed by atoms with E-state index >= 15 is 0 Å². The van der Waals surface area contributed by atoms with Crippen LogP contribution in [0.25, 0.3) is 0 Å². The Morgan fingerprint density at radius 2 is 1.30 bits per heavy atom. The number of benzene rings is 1. The molecule has 0 radical (unpaired) electrons. The van der Waals surface area contributed by atoms with Crippen molar-refractivity contribution < 1.29 is 4.74 Å². The Labute approximate surface area is 130 Å². The van der Waals surface area contributed by atoms with Crippen molar-refractivity contribution >= 4 is 11.6 Å². The largest absolute Gasteiger partial charge is 0.487 e. The van der Waals surface area contributed by atoms with Gasteiger partial charge in [-0.2, -0.15) is 0 Å². The summed E-state index contributed by atoms with van der Waals surface area (Å²) in [4.78, 5) is 0.